The monoisotopic (exact) mass is 326 g/mol. The molecule has 1 aromatic carbocycles. The number of aliphatic hydroxyl groups is 1. The lowest BCUT2D eigenvalue weighted by Gasteiger charge is -2.31. The summed E-state index contributed by atoms with van der Waals surface area (Å²) in [5.74, 6) is 1.00. The van der Waals surface area contributed by atoms with E-state index >= 15 is 0 Å². The van der Waals surface area contributed by atoms with Gasteiger partial charge >= 0.3 is 0 Å². The molecular formula is C18H22N4O2. The van der Waals surface area contributed by atoms with Crippen molar-refractivity contribution in [2.75, 3.05) is 25.0 Å². The van der Waals surface area contributed by atoms with Gasteiger partial charge in [0.1, 0.15) is 0 Å². The number of carbonyl (C=O) groups is 1. The van der Waals surface area contributed by atoms with Gasteiger partial charge < -0.3 is 15.3 Å². The first-order valence-corrected chi connectivity index (χ1v) is 8.23. The number of nitrogens with zero attached hydrogens (tertiary/aromatic N) is 3. The second-order valence-corrected chi connectivity index (χ2v) is 6.18. The molecule has 1 saturated heterocycles. The Kier molecular flexibility index (Phi) is 5.05. The van der Waals surface area contributed by atoms with Crippen molar-refractivity contribution in [2.45, 2.75) is 19.8 Å². The quantitative estimate of drug-likeness (QED) is 0.902. The number of piperidine rings is 1. The van der Waals surface area contributed by atoms with Gasteiger partial charge in [-0.05, 0) is 56.0 Å². The molecule has 1 aliphatic rings. The van der Waals surface area contributed by atoms with Gasteiger partial charge in [-0.15, -0.1) is 5.10 Å². The summed E-state index contributed by atoms with van der Waals surface area (Å²) >= 11 is 0. The third kappa shape index (κ3) is 3.89. The van der Waals surface area contributed by atoms with Crippen LogP contribution in [-0.4, -0.2) is 45.8 Å². The maximum atomic E-state index is 12.7. The van der Waals surface area contributed by atoms with Crippen molar-refractivity contribution in [1.82, 2.24) is 15.1 Å². The maximum absolute atomic E-state index is 12.7. The minimum absolute atomic E-state index is 0.0324. The first-order chi connectivity index (χ1) is 11.7. The Hall–Kier alpha value is -2.47. The number of benzene rings is 1. The number of likely N-dealkylation sites (tertiary alicyclic amines) is 1. The van der Waals surface area contributed by atoms with Crippen LogP contribution in [0, 0.1) is 12.8 Å². The minimum atomic E-state index is 0.0324. The summed E-state index contributed by atoms with van der Waals surface area (Å²) in [4.78, 5) is 14.5. The average molecular weight is 326 g/mol. The highest BCUT2D eigenvalue weighted by Crippen LogP contribution is 2.21. The Labute approximate surface area is 141 Å². The molecule has 2 N–H and O–H groups in total. The SMILES string of the molecule is Cc1ccc(Nc2cccc(C(=O)N3CCC(CO)CC3)c2)nn1. The summed E-state index contributed by atoms with van der Waals surface area (Å²) in [6.07, 6.45) is 1.72. The molecule has 24 heavy (non-hydrogen) atoms. The van der Waals surface area contributed by atoms with Gasteiger partial charge in [-0.1, -0.05) is 6.07 Å². The molecule has 0 bridgehead atoms. The topological polar surface area (TPSA) is 78.4 Å². The van der Waals surface area contributed by atoms with E-state index in [-0.39, 0.29) is 12.5 Å². The summed E-state index contributed by atoms with van der Waals surface area (Å²) in [7, 11) is 0. The van der Waals surface area contributed by atoms with Crippen LogP contribution < -0.4 is 5.32 Å². The van der Waals surface area contributed by atoms with Gasteiger partial charge in [0.15, 0.2) is 5.82 Å². The fourth-order valence-corrected chi connectivity index (χ4v) is 2.84. The smallest absolute Gasteiger partial charge is 0.253 e. The molecule has 1 amide bonds. The standard InChI is InChI=1S/C18H22N4O2/c1-13-5-6-17(21-20-13)19-16-4-2-3-15(11-16)18(24)22-9-7-14(12-23)8-10-22/h2-6,11,14,23H,7-10,12H2,1H3,(H,19,21). The van der Waals surface area contributed by atoms with Crippen LogP contribution in [0.5, 0.6) is 0 Å². The van der Waals surface area contributed by atoms with E-state index in [2.05, 4.69) is 15.5 Å². The summed E-state index contributed by atoms with van der Waals surface area (Å²) in [6.45, 7) is 3.49. The van der Waals surface area contributed by atoms with Crippen LogP contribution in [0.25, 0.3) is 0 Å². The van der Waals surface area contributed by atoms with Crippen LogP contribution in [0.1, 0.15) is 28.9 Å². The molecular weight excluding hydrogens is 304 g/mol. The van der Waals surface area contributed by atoms with Crippen LogP contribution >= 0.6 is 0 Å². The highest BCUT2D eigenvalue weighted by molar-refractivity contribution is 5.95. The first-order valence-electron chi connectivity index (χ1n) is 8.23. The van der Waals surface area contributed by atoms with Crippen molar-refractivity contribution in [1.29, 1.82) is 0 Å². The van der Waals surface area contributed by atoms with Gasteiger partial charge in [0.2, 0.25) is 0 Å². The van der Waals surface area contributed by atoms with E-state index in [1.165, 1.54) is 0 Å². The molecule has 1 fully saturated rings. The van der Waals surface area contributed by atoms with Crippen molar-refractivity contribution in [3.8, 4) is 0 Å². The van der Waals surface area contributed by atoms with E-state index in [4.69, 9.17) is 0 Å². The van der Waals surface area contributed by atoms with E-state index in [9.17, 15) is 9.90 Å². The van der Waals surface area contributed by atoms with Crippen LogP contribution in [-0.2, 0) is 0 Å². The van der Waals surface area contributed by atoms with Gasteiger partial charge in [-0.25, -0.2) is 0 Å². The van der Waals surface area contributed by atoms with Crippen molar-refractivity contribution < 1.29 is 9.90 Å². The molecule has 0 saturated carbocycles. The highest BCUT2D eigenvalue weighted by Gasteiger charge is 2.23. The van der Waals surface area contributed by atoms with Crippen molar-refractivity contribution in [3.63, 3.8) is 0 Å². The molecule has 1 aromatic heterocycles. The van der Waals surface area contributed by atoms with Crippen LogP contribution in [0.2, 0.25) is 0 Å². The van der Waals surface area contributed by atoms with Crippen molar-refractivity contribution in [2.24, 2.45) is 5.92 Å². The Morgan fingerprint density at radius 1 is 1.25 bits per heavy atom. The van der Waals surface area contributed by atoms with E-state index in [1.54, 1.807) is 0 Å². The zero-order valence-electron chi connectivity index (χ0n) is 13.8. The number of nitrogens with one attached hydrogen (secondary N) is 1. The zero-order chi connectivity index (χ0) is 16.9. The number of amides is 1. The second-order valence-electron chi connectivity index (χ2n) is 6.18. The lowest BCUT2D eigenvalue weighted by atomic mass is 9.97. The molecule has 0 atom stereocenters. The zero-order valence-corrected chi connectivity index (χ0v) is 13.8. The number of aryl methyl sites for hydroxylation is 1. The number of anilines is 2. The van der Waals surface area contributed by atoms with Crippen molar-refractivity contribution in [3.05, 3.63) is 47.7 Å². The van der Waals surface area contributed by atoms with Gasteiger partial charge in [0.05, 0.1) is 5.69 Å². The number of hydrogen-bond donors (Lipinski definition) is 2. The number of aliphatic hydroxyl groups excluding tert-OH is 1. The van der Waals surface area contributed by atoms with Crippen LogP contribution in [0.15, 0.2) is 36.4 Å². The molecule has 3 rings (SSSR count). The van der Waals surface area contributed by atoms with E-state index in [0.717, 1.165) is 24.2 Å². The van der Waals surface area contributed by atoms with Gasteiger partial charge in [-0.3, -0.25) is 4.79 Å². The Bertz CT molecular complexity index is 694. The third-order valence-corrected chi connectivity index (χ3v) is 4.34. The third-order valence-electron chi connectivity index (χ3n) is 4.34. The van der Waals surface area contributed by atoms with Gasteiger partial charge in [-0.2, -0.15) is 5.10 Å². The van der Waals surface area contributed by atoms with Crippen molar-refractivity contribution >= 4 is 17.4 Å². The molecule has 126 valence electrons. The van der Waals surface area contributed by atoms with Gasteiger partial charge in [0, 0.05) is 30.9 Å². The Morgan fingerprint density at radius 3 is 2.71 bits per heavy atom. The molecule has 2 aromatic rings. The number of aromatic nitrogens is 2. The predicted octanol–water partition coefficient (Wildman–Crippen LogP) is 2.37. The van der Waals surface area contributed by atoms with Crippen LogP contribution in [0.3, 0.4) is 0 Å². The Balaban J connectivity index is 1.68. The minimum Gasteiger partial charge on any atom is -0.396 e. The summed E-state index contributed by atoms with van der Waals surface area (Å²) in [5, 5.41) is 20.5. The number of rotatable bonds is 4. The normalized spacial score (nSPS) is 15.3. The molecule has 0 aliphatic carbocycles. The molecule has 0 spiro atoms. The molecule has 6 heteroatoms. The fourth-order valence-electron chi connectivity index (χ4n) is 2.84. The lowest BCUT2D eigenvalue weighted by molar-refractivity contribution is 0.0651. The maximum Gasteiger partial charge on any atom is 0.253 e. The highest BCUT2D eigenvalue weighted by atomic mass is 16.3. The summed E-state index contributed by atoms with van der Waals surface area (Å²) in [5.41, 5.74) is 2.32. The molecule has 0 radical (unpaired) electrons. The second kappa shape index (κ2) is 7.40. The Morgan fingerprint density at radius 2 is 2.04 bits per heavy atom. The van der Waals surface area contributed by atoms with Crippen LogP contribution in [0.4, 0.5) is 11.5 Å². The molecule has 2 heterocycles. The number of carbonyl (C=O) groups excluding carboxylic acids is 1. The largest absolute Gasteiger partial charge is 0.396 e. The molecule has 1 aliphatic heterocycles. The summed E-state index contributed by atoms with van der Waals surface area (Å²) < 4.78 is 0. The molecule has 6 nitrogen and oxygen atoms in total. The summed E-state index contributed by atoms with van der Waals surface area (Å²) in [6, 6.07) is 11.2. The van der Waals surface area contributed by atoms with E-state index in [0.29, 0.717) is 30.4 Å². The van der Waals surface area contributed by atoms with E-state index in [1.807, 2.05) is 48.2 Å². The average Bonchev–Trinajstić information content (AvgIpc) is 2.63. The fraction of sp³-hybridized carbons (Fsp3) is 0.389. The van der Waals surface area contributed by atoms with E-state index < -0.39 is 0 Å². The first kappa shape index (κ1) is 16.4. The molecule has 0 unspecified atom stereocenters. The predicted molar refractivity (Wildman–Crippen MR) is 92.2 cm³/mol. The number of hydrogen-bond acceptors (Lipinski definition) is 5. The lowest BCUT2D eigenvalue weighted by Crippen LogP contribution is -2.39. The van der Waals surface area contributed by atoms with Gasteiger partial charge in [0.25, 0.3) is 5.91 Å².